The van der Waals surface area contributed by atoms with Crippen LogP contribution in [0.1, 0.15) is 42.7 Å². The van der Waals surface area contributed by atoms with Crippen molar-refractivity contribution in [1.82, 2.24) is 0 Å². The molecule has 1 aromatic carbocycles. The van der Waals surface area contributed by atoms with E-state index < -0.39 is 29.0 Å². The van der Waals surface area contributed by atoms with Crippen molar-refractivity contribution >= 4 is 33.8 Å². The van der Waals surface area contributed by atoms with Gasteiger partial charge in [-0.3, -0.25) is 9.59 Å². The predicted octanol–water partition coefficient (Wildman–Crippen LogP) is 3.03. The van der Waals surface area contributed by atoms with Gasteiger partial charge in [0.25, 0.3) is 11.8 Å². The van der Waals surface area contributed by atoms with E-state index in [2.05, 4.69) is 23.6 Å². The van der Waals surface area contributed by atoms with Crippen LogP contribution in [0.5, 0.6) is 0 Å². The van der Waals surface area contributed by atoms with Crippen molar-refractivity contribution in [3.05, 3.63) is 45.6 Å². The summed E-state index contributed by atoms with van der Waals surface area (Å²) in [7, 11) is 0. The van der Waals surface area contributed by atoms with E-state index in [4.69, 9.17) is 0 Å². The molecule has 176 valence electrons. The summed E-state index contributed by atoms with van der Waals surface area (Å²) in [6.07, 6.45) is 3.40. The predicted molar refractivity (Wildman–Crippen MR) is 120 cm³/mol. The number of nitrogens with zero attached hydrogens (tertiary/aromatic N) is 1. The molecule has 1 aliphatic rings. The monoisotopic (exact) mass is 479 g/mol. The molecule has 3 rings (SSSR count). The lowest BCUT2D eigenvalue weighted by molar-refractivity contribution is -0.883. The Bertz CT molecular complexity index is 1100. The third-order valence-corrected chi connectivity index (χ3v) is 6.78. The minimum atomic E-state index is -1.66. The van der Waals surface area contributed by atoms with Crippen LogP contribution in [0, 0.1) is 34.7 Å². The number of thiophene rings is 1. The highest BCUT2D eigenvalue weighted by Crippen LogP contribution is 2.39. The average Bonchev–Trinajstić information content (AvgIpc) is 3.09. The number of benzene rings is 1. The first-order chi connectivity index (χ1) is 15.7. The Kier molecular flexibility index (Phi) is 8.10. The lowest BCUT2D eigenvalue weighted by Gasteiger charge is -2.18. The zero-order valence-corrected chi connectivity index (χ0v) is 19.3. The van der Waals surface area contributed by atoms with Crippen molar-refractivity contribution in [3.63, 3.8) is 0 Å². The quantitative estimate of drug-likeness (QED) is 0.509. The third-order valence-electron chi connectivity index (χ3n) is 5.61. The maximum atomic E-state index is 13.8. The zero-order valence-electron chi connectivity index (χ0n) is 18.5. The second-order valence-electron chi connectivity index (χ2n) is 8.34. The minimum absolute atomic E-state index is 0.0364. The summed E-state index contributed by atoms with van der Waals surface area (Å²) in [6, 6.07) is 3.88. The summed E-state index contributed by atoms with van der Waals surface area (Å²) in [5.74, 6) is -4.91. The Morgan fingerprint density at radius 3 is 2.55 bits per heavy atom. The van der Waals surface area contributed by atoms with Crippen molar-refractivity contribution in [3.8, 4) is 6.07 Å². The highest BCUT2D eigenvalue weighted by molar-refractivity contribution is 7.16. The molecule has 1 unspecified atom stereocenters. The van der Waals surface area contributed by atoms with Crippen molar-refractivity contribution < 1.29 is 27.7 Å². The average molecular weight is 480 g/mol. The van der Waals surface area contributed by atoms with Crippen LogP contribution in [0.15, 0.2) is 12.1 Å². The summed E-state index contributed by atoms with van der Waals surface area (Å²) in [4.78, 5) is 26.8. The Morgan fingerprint density at radius 1 is 1.18 bits per heavy atom. The molecule has 6 nitrogen and oxygen atoms in total. The summed E-state index contributed by atoms with van der Waals surface area (Å²) in [5.41, 5.74) is 1.07. The molecule has 0 aliphatic heterocycles. The third kappa shape index (κ3) is 5.92. The van der Waals surface area contributed by atoms with Crippen LogP contribution in [-0.2, 0) is 22.4 Å². The SMILES string of the molecule is CCC[NH+](CC(=O)Nc1ccc(F)c(F)c1F)CC(=O)Nc1sc2c(c1C#N)CC[C@H](C)C2. The fourth-order valence-corrected chi connectivity index (χ4v) is 5.37. The van der Waals surface area contributed by atoms with Crippen molar-refractivity contribution in [2.75, 3.05) is 30.3 Å². The maximum Gasteiger partial charge on any atom is 0.280 e. The van der Waals surface area contributed by atoms with Gasteiger partial charge in [0.15, 0.2) is 30.5 Å². The molecule has 2 amide bonds. The van der Waals surface area contributed by atoms with Crippen LogP contribution >= 0.6 is 11.3 Å². The Morgan fingerprint density at radius 2 is 1.88 bits per heavy atom. The summed E-state index contributed by atoms with van der Waals surface area (Å²) < 4.78 is 40.3. The number of hydrogen-bond donors (Lipinski definition) is 3. The molecule has 0 spiro atoms. The van der Waals surface area contributed by atoms with Gasteiger partial charge in [-0.25, -0.2) is 13.2 Å². The number of quaternary nitrogens is 1. The van der Waals surface area contributed by atoms with Crippen LogP contribution in [0.3, 0.4) is 0 Å². The smallest absolute Gasteiger partial charge is 0.280 e. The Labute approximate surface area is 194 Å². The Hall–Kier alpha value is -2.90. The van der Waals surface area contributed by atoms with Gasteiger partial charge in [0.1, 0.15) is 11.1 Å². The van der Waals surface area contributed by atoms with Crippen LogP contribution in [0.2, 0.25) is 0 Å². The fourth-order valence-electron chi connectivity index (χ4n) is 3.99. The van der Waals surface area contributed by atoms with E-state index in [1.165, 1.54) is 11.3 Å². The topological polar surface area (TPSA) is 86.4 Å². The van der Waals surface area contributed by atoms with E-state index >= 15 is 0 Å². The number of anilines is 2. The number of nitriles is 1. The number of halogens is 3. The first-order valence-electron chi connectivity index (χ1n) is 10.8. The van der Waals surface area contributed by atoms with Gasteiger partial charge in [-0.1, -0.05) is 13.8 Å². The van der Waals surface area contributed by atoms with Gasteiger partial charge >= 0.3 is 0 Å². The summed E-state index contributed by atoms with van der Waals surface area (Å²) >= 11 is 1.43. The van der Waals surface area contributed by atoms with E-state index in [9.17, 15) is 28.0 Å². The standard InChI is InChI=1S/C23H25F3N4O2S/c1-3-8-30(11-19(31)28-17-7-6-16(24)21(25)22(17)26)12-20(32)29-23-15(10-27)14-5-4-13(2)9-18(14)33-23/h6-7,13H,3-5,8-9,11-12H2,1-2H3,(H,28,31)(H,29,32)/p+1/t13-/m0/s1. The van der Waals surface area contributed by atoms with Gasteiger partial charge < -0.3 is 15.5 Å². The van der Waals surface area contributed by atoms with Gasteiger partial charge in [-0.2, -0.15) is 5.26 Å². The number of nitrogens with one attached hydrogen (secondary N) is 3. The molecule has 2 atom stereocenters. The van der Waals surface area contributed by atoms with Gasteiger partial charge in [-0.15, -0.1) is 11.3 Å². The second-order valence-corrected chi connectivity index (χ2v) is 9.45. The number of hydrogen-bond acceptors (Lipinski definition) is 4. The molecule has 10 heteroatoms. The van der Waals surface area contributed by atoms with E-state index in [0.29, 0.717) is 34.3 Å². The van der Waals surface area contributed by atoms with Gasteiger partial charge in [0, 0.05) is 4.88 Å². The molecule has 0 fully saturated rings. The summed E-state index contributed by atoms with van der Waals surface area (Å²) in [6.45, 7) is 4.35. The molecular formula is C23H26F3N4O2S+. The number of carbonyl (C=O) groups excluding carboxylic acids is 2. The molecule has 0 saturated heterocycles. The van der Waals surface area contributed by atoms with Crippen molar-refractivity contribution in [2.45, 2.75) is 39.5 Å². The molecule has 0 radical (unpaired) electrons. The van der Waals surface area contributed by atoms with Crippen LogP contribution < -0.4 is 15.5 Å². The normalized spacial score (nSPS) is 15.9. The molecule has 1 heterocycles. The van der Waals surface area contributed by atoms with Crippen LogP contribution in [0.25, 0.3) is 0 Å². The molecule has 0 bridgehead atoms. The van der Waals surface area contributed by atoms with Gasteiger partial charge in [0.05, 0.1) is 17.8 Å². The molecule has 33 heavy (non-hydrogen) atoms. The van der Waals surface area contributed by atoms with E-state index in [1.807, 2.05) is 6.92 Å². The molecule has 1 aliphatic carbocycles. The van der Waals surface area contributed by atoms with E-state index in [1.54, 1.807) is 0 Å². The molecule has 3 N–H and O–H groups in total. The second kappa shape index (κ2) is 10.8. The minimum Gasteiger partial charge on any atom is -0.319 e. The highest BCUT2D eigenvalue weighted by atomic mass is 32.1. The van der Waals surface area contributed by atoms with E-state index in [0.717, 1.165) is 41.8 Å². The first kappa shape index (κ1) is 24.7. The fraction of sp³-hybridized carbons (Fsp3) is 0.435. The Balaban J connectivity index is 1.64. The highest BCUT2D eigenvalue weighted by Gasteiger charge is 2.26. The lowest BCUT2D eigenvalue weighted by atomic mass is 9.89. The van der Waals surface area contributed by atoms with Crippen molar-refractivity contribution in [2.24, 2.45) is 5.92 Å². The number of carbonyl (C=O) groups is 2. The van der Waals surface area contributed by atoms with Crippen LogP contribution in [-0.4, -0.2) is 31.4 Å². The molecular weight excluding hydrogens is 453 g/mol. The number of rotatable bonds is 8. The van der Waals surface area contributed by atoms with Crippen molar-refractivity contribution in [1.29, 1.82) is 5.26 Å². The number of fused-ring (bicyclic) bond motifs is 1. The van der Waals surface area contributed by atoms with Gasteiger partial charge in [-0.05, 0) is 49.3 Å². The molecule has 0 saturated carbocycles. The number of amides is 2. The molecule has 2 aromatic rings. The van der Waals surface area contributed by atoms with E-state index in [-0.39, 0.29) is 19.0 Å². The van der Waals surface area contributed by atoms with Gasteiger partial charge in [0.2, 0.25) is 0 Å². The summed E-state index contributed by atoms with van der Waals surface area (Å²) in [5, 5.41) is 15.2. The molecule has 1 aromatic heterocycles. The maximum absolute atomic E-state index is 13.8. The zero-order chi connectivity index (χ0) is 24.1. The largest absolute Gasteiger partial charge is 0.319 e. The van der Waals surface area contributed by atoms with Crippen LogP contribution in [0.4, 0.5) is 23.9 Å². The lowest BCUT2D eigenvalue weighted by Crippen LogP contribution is -3.14. The first-order valence-corrected chi connectivity index (χ1v) is 11.7.